The molecule has 0 saturated heterocycles. The highest BCUT2D eigenvalue weighted by Crippen LogP contribution is 2.12. The third-order valence-electron chi connectivity index (χ3n) is 7.25. The summed E-state index contributed by atoms with van der Waals surface area (Å²) in [6.07, 6.45) is 28.4. The van der Waals surface area contributed by atoms with E-state index in [0.29, 0.717) is 12.6 Å². The van der Waals surface area contributed by atoms with E-state index in [0.717, 1.165) is 58.3 Å². The molecule has 5 nitrogen and oxygen atoms in total. The molecule has 0 aromatic carbocycles. The predicted octanol–water partition coefficient (Wildman–Crippen LogP) is 8.66. The van der Waals surface area contributed by atoms with Crippen molar-refractivity contribution in [1.82, 2.24) is 4.90 Å². The van der Waals surface area contributed by atoms with Crippen molar-refractivity contribution >= 4 is 5.97 Å². The Bertz CT molecular complexity index is 509. The molecule has 0 aliphatic rings. The zero-order chi connectivity index (χ0) is 27.4. The number of carboxylic acid groups (broad SMARTS) is 1. The van der Waals surface area contributed by atoms with Crippen molar-refractivity contribution in [3.8, 4) is 0 Å². The van der Waals surface area contributed by atoms with E-state index in [1.54, 1.807) is 6.92 Å². The summed E-state index contributed by atoms with van der Waals surface area (Å²) in [5, 5.41) is 8.91. The Balaban J connectivity index is 3.47. The molecular formula is C32H63NO4. The van der Waals surface area contributed by atoms with Crippen molar-refractivity contribution in [1.29, 1.82) is 0 Å². The zero-order valence-electron chi connectivity index (χ0n) is 25.2. The maximum Gasteiger partial charge on any atom is 0.306 e. The summed E-state index contributed by atoms with van der Waals surface area (Å²) in [4.78, 5) is 13.0. The molecule has 5 heteroatoms. The molecule has 0 aliphatic carbocycles. The minimum Gasteiger partial charge on any atom is -0.481 e. The molecule has 0 amide bonds. The van der Waals surface area contributed by atoms with Gasteiger partial charge in [0, 0.05) is 13.2 Å². The molecule has 0 spiro atoms. The Morgan fingerprint density at radius 1 is 0.703 bits per heavy atom. The number of carbonyl (C=O) groups is 1. The molecule has 0 aromatic heterocycles. The van der Waals surface area contributed by atoms with Gasteiger partial charge in [-0.2, -0.15) is 0 Å². The number of nitrogens with zero attached hydrogens (tertiary/aromatic N) is 1. The summed E-state index contributed by atoms with van der Waals surface area (Å²) < 4.78 is 11.8. The molecule has 2 unspecified atom stereocenters. The van der Waals surface area contributed by atoms with Crippen LogP contribution in [0.1, 0.15) is 136 Å². The molecule has 220 valence electrons. The lowest BCUT2D eigenvalue weighted by molar-refractivity contribution is -0.141. The van der Waals surface area contributed by atoms with E-state index >= 15 is 0 Å². The van der Waals surface area contributed by atoms with Gasteiger partial charge in [-0.05, 0) is 59.0 Å². The highest BCUT2D eigenvalue weighted by atomic mass is 16.5. The smallest absolute Gasteiger partial charge is 0.306 e. The van der Waals surface area contributed by atoms with Gasteiger partial charge in [0.25, 0.3) is 0 Å². The molecule has 0 aromatic rings. The van der Waals surface area contributed by atoms with Crippen LogP contribution in [0.15, 0.2) is 12.2 Å². The largest absolute Gasteiger partial charge is 0.481 e. The predicted molar refractivity (Wildman–Crippen MR) is 158 cm³/mol. The lowest BCUT2D eigenvalue weighted by atomic mass is 10.0. The lowest BCUT2D eigenvalue weighted by Crippen LogP contribution is -2.37. The Morgan fingerprint density at radius 3 is 1.59 bits per heavy atom. The zero-order valence-corrected chi connectivity index (χ0v) is 25.2. The van der Waals surface area contributed by atoms with Crippen LogP contribution in [0.3, 0.4) is 0 Å². The van der Waals surface area contributed by atoms with Gasteiger partial charge in [-0.1, -0.05) is 103 Å². The number of unbranched alkanes of at least 4 members (excludes halogenated alkanes) is 15. The molecule has 0 radical (unpaired) electrons. The molecule has 0 rings (SSSR count). The molecule has 1 N–H and O–H groups in total. The molecule has 0 heterocycles. The van der Waals surface area contributed by atoms with Crippen molar-refractivity contribution in [3.05, 3.63) is 12.2 Å². The monoisotopic (exact) mass is 525 g/mol. The fraction of sp³-hybridized carbons (Fsp3) is 0.906. The first-order chi connectivity index (χ1) is 18.0. The Hall–Kier alpha value is -0.910. The molecule has 0 saturated carbocycles. The number of likely N-dealkylation sites (N-methyl/N-ethyl adjacent to an activating group) is 1. The van der Waals surface area contributed by atoms with Crippen molar-refractivity contribution < 1.29 is 19.4 Å². The first-order valence-electron chi connectivity index (χ1n) is 15.7. The Labute approximate surface area is 230 Å². The van der Waals surface area contributed by atoms with E-state index in [9.17, 15) is 4.79 Å². The molecule has 0 aliphatic heterocycles. The molecule has 0 bridgehead atoms. The van der Waals surface area contributed by atoms with E-state index in [1.807, 2.05) is 0 Å². The maximum absolute atomic E-state index is 10.8. The number of rotatable bonds is 29. The third kappa shape index (κ3) is 26.5. The van der Waals surface area contributed by atoms with Crippen LogP contribution in [-0.2, 0) is 14.3 Å². The third-order valence-corrected chi connectivity index (χ3v) is 7.25. The summed E-state index contributed by atoms with van der Waals surface area (Å²) in [5.74, 6) is -0.915. The van der Waals surface area contributed by atoms with E-state index in [1.165, 1.54) is 83.5 Å². The summed E-state index contributed by atoms with van der Waals surface area (Å²) in [6.45, 7) is 7.11. The van der Waals surface area contributed by atoms with Crippen LogP contribution < -0.4 is 0 Å². The number of ether oxygens (including phenoxy) is 2. The topological polar surface area (TPSA) is 59.0 Å². The second kappa shape index (κ2) is 28.1. The normalized spacial score (nSPS) is 13.5. The summed E-state index contributed by atoms with van der Waals surface area (Å²) in [7, 11) is 4.18. The van der Waals surface area contributed by atoms with Gasteiger partial charge in [-0.25, -0.2) is 0 Å². The van der Waals surface area contributed by atoms with Crippen molar-refractivity contribution in [3.63, 3.8) is 0 Å². The quantitative estimate of drug-likeness (QED) is 0.0782. The van der Waals surface area contributed by atoms with Crippen molar-refractivity contribution in [2.75, 3.05) is 40.5 Å². The van der Waals surface area contributed by atoms with Crippen LogP contribution in [0, 0.1) is 5.92 Å². The maximum atomic E-state index is 10.8. The summed E-state index contributed by atoms with van der Waals surface area (Å²) >= 11 is 0. The Morgan fingerprint density at radius 2 is 1.14 bits per heavy atom. The molecule has 37 heavy (non-hydrogen) atoms. The van der Waals surface area contributed by atoms with Gasteiger partial charge in [0.15, 0.2) is 0 Å². The van der Waals surface area contributed by atoms with Crippen LogP contribution in [-0.4, -0.2) is 62.5 Å². The van der Waals surface area contributed by atoms with Crippen LogP contribution in [0.2, 0.25) is 0 Å². The van der Waals surface area contributed by atoms with Gasteiger partial charge in [-0.3, -0.25) is 4.79 Å². The number of aliphatic carboxylic acids is 1. The first-order valence-corrected chi connectivity index (χ1v) is 15.7. The average Bonchev–Trinajstić information content (AvgIpc) is 2.87. The van der Waals surface area contributed by atoms with Gasteiger partial charge >= 0.3 is 5.97 Å². The summed E-state index contributed by atoms with van der Waals surface area (Å²) in [6, 6.07) is 0.297. The SMILES string of the molecule is CCCCCCCC/C=C\CCCCCCCCOCC(COCCCCCCC(C)C(=O)O)N(C)C. The van der Waals surface area contributed by atoms with Gasteiger partial charge in [0.1, 0.15) is 0 Å². The van der Waals surface area contributed by atoms with Crippen LogP contribution in [0.5, 0.6) is 0 Å². The van der Waals surface area contributed by atoms with E-state index in [4.69, 9.17) is 14.6 Å². The minimum atomic E-state index is -0.687. The fourth-order valence-corrected chi connectivity index (χ4v) is 4.37. The van der Waals surface area contributed by atoms with Crippen molar-refractivity contribution in [2.24, 2.45) is 5.92 Å². The van der Waals surface area contributed by atoms with Gasteiger partial charge in [-0.15, -0.1) is 0 Å². The van der Waals surface area contributed by atoms with Gasteiger partial charge in [0.05, 0.1) is 25.2 Å². The van der Waals surface area contributed by atoms with Gasteiger partial charge < -0.3 is 19.5 Å². The van der Waals surface area contributed by atoms with Crippen molar-refractivity contribution in [2.45, 2.75) is 142 Å². The minimum absolute atomic E-state index is 0.228. The molecular weight excluding hydrogens is 462 g/mol. The number of hydrogen-bond acceptors (Lipinski definition) is 4. The number of carboxylic acids is 1. The van der Waals surface area contributed by atoms with E-state index in [-0.39, 0.29) is 5.92 Å². The second-order valence-electron chi connectivity index (χ2n) is 11.1. The van der Waals surface area contributed by atoms with Crippen LogP contribution in [0.4, 0.5) is 0 Å². The fourth-order valence-electron chi connectivity index (χ4n) is 4.37. The number of allylic oxidation sites excluding steroid dienone is 2. The first kappa shape index (κ1) is 36.1. The molecule has 2 atom stereocenters. The summed E-state index contributed by atoms with van der Waals surface area (Å²) in [5.41, 5.74) is 0. The molecule has 0 fully saturated rings. The lowest BCUT2D eigenvalue weighted by Gasteiger charge is -2.24. The highest BCUT2D eigenvalue weighted by Gasteiger charge is 2.12. The van der Waals surface area contributed by atoms with Crippen LogP contribution in [0.25, 0.3) is 0 Å². The number of hydrogen-bond donors (Lipinski definition) is 1. The second-order valence-corrected chi connectivity index (χ2v) is 11.1. The van der Waals surface area contributed by atoms with Gasteiger partial charge in [0.2, 0.25) is 0 Å². The highest BCUT2D eigenvalue weighted by molar-refractivity contribution is 5.69. The standard InChI is InChI=1S/C32H63NO4/c1-5-6-7-8-9-10-11-12-13-14-15-16-17-18-20-23-26-36-28-31(33(3)4)29-37-27-24-21-19-22-25-30(2)32(34)35/h12-13,30-31H,5-11,14-29H2,1-4H3,(H,34,35)/b13-12-. The van der Waals surface area contributed by atoms with Crippen LogP contribution >= 0.6 is 0 Å². The average molecular weight is 526 g/mol. The van der Waals surface area contributed by atoms with E-state index < -0.39 is 5.97 Å². The Kier molecular flexibility index (Phi) is 27.4. The van der Waals surface area contributed by atoms with E-state index in [2.05, 4.69) is 38.1 Å².